The van der Waals surface area contributed by atoms with Crippen molar-refractivity contribution in [1.82, 2.24) is 0 Å². The summed E-state index contributed by atoms with van der Waals surface area (Å²) in [6, 6.07) is 6.69. The Kier molecular flexibility index (Phi) is 2.88. The zero-order chi connectivity index (χ0) is 10.5. The van der Waals surface area contributed by atoms with Gasteiger partial charge in [-0.25, -0.2) is 0 Å². The third-order valence-corrected chi connectivity index (χ3v) is 2.04. The molecule has 1 aromatic carbocycles. The van der Waals surface area contributed by atoms with E-state index in [0.29, 0.717) is 0 Å². The number of allylic oxidation sites excluding steroid dienone is 5. The Morgan fingerprint density at radius 2 is 1.87 bits per heavy atom. The molecule has 0 fully saturated rings. The van der Waals surface area contributed by atoms with Crippen molar-refractivity contribution >= 4 is 0 Å². The molecule has 0 aromatic heterocycles. The molecule has 0 aliphatic heterocycles. The highest BCUT2D eigenvalue weighted by Crippen LogP contribution is 2.19. The van der Waals surface area contributed by atoms with Gasteiger partial charge in [-0.3, -0.25) is 0 Å². The van der Waals surface area contributed by atoms with Crippen LogP contribution in [0.3, 0.4) is 0 Å². The van der Waals surface area contributed by atoms with Crippen molar-refractivity contribution in [3.63, 3.8) is 0 Å². The van der Waals surface area contributed by atoms with Gasteiger partial charge in [-0.15, -0.1) is 0 Å². The van der Waals surface area contributed by atoms with Crippen LogP contribution < -0.4 is 4.74 Å². The smallest absolute Gasteiger partial charge is 0.127 e. The molecule has 0 amide bonds. The summed E-state index contributed by atoms with van der Waals surface area (Å²) in [6.45, 7) is 0. The highest BCUT2D eigenvalue weighted by molar-refractivity contribution is 5.33. The second-order valence-corrected chi connectivity index (χ2v) is 3.23. The van der Waals surface area contributed by atoms with Crippen molar-refractivity contribution in [3.8, 4) is 11.5 Å². The number of aromatic hydroxyl groups is 1. The van der Waals surface area contributed by atoms with E-state index in [1.54, 1.807) is 24.3 Å². The maximum atomic E-state index is 9.11. The average Bonchev–Trinajstić information content (AvgIpc) is 2.50. The molecule has 0 saturated heterocycles. The van der Waals surface area contributed by atoms with E-state index in [1.807, 2.05) is 24.3 Å². The highest BCUT2D eigenvalue weighted by Gasteiger charge is 1.98. The monoisotopic (exact) mass is 200 g/mol. The van der Waals surface area contributed by atoms with Crippen LogP contribution in [0.1, 0.15) is 6.42 Å². The van der Waals surface area contributed by atoms with Gasteiger partial charge < -0.3 is 9.84 Å². The molecule has 0 radical (unpaired) electrons. The number of hydrogen-bond acceptors (Lipinski definition) is 2. The molecule has 0 atom stereocenters. The average molecular weight is 200 g/mol. The second kappa shape index (κ2) is 4.51. The van der Waals surface area contributed by atoms with E-state index in [2.05, 4.69) is 6.08 Å². The molecule has 2 rings (SSSR count). The van der Waals surface area contributed by atoms with Gasteiger partial charge in [0.2, 0.25) is 0 Å². The number of benzene rings is 1. The van der Waals surface area contributed by atoms with Crippen LogP contribution in [0.4, 0.5) is 0 Å². The summed E-state index contributed by atoms with van der Waals surface area (Å²) >= 11 is 0. The van der Waals surface area contributed by atoms with Gasteiger partial charge in [0.05, 0.1) is 0 Å². The molecule has 0 heterocycles. The van der Waals surface area contributed by atoms with Crippen LogP contribution >= 0.6 is 0 Å². The molecular weight excluding hydrogens is 188 g/mol. The van der Waals surface area contributed by atoms with Crippen LogP contribution in [-0.2, 0) is 0 Å². The Morgan fingerprint density at radius 3 is 2.67 bits per heavy atom. The lowest BCUT2D eigenvalue weighted by atomic mass is 10.3. The molecule has 1 aliphatic carbocycles. The summed E-state index contributed by atoms with van der Waals surface area (Å²) < 4.78 is 5.61. The fourth-order valence-electron chi connectivity index (χ4n) is 1.29. The fraction of sp³-hybridized carbons (Fsp3) is 0.0769. The van der Waals surface area contributed by atoms with Crippen molar-refractivity contribution in [1.29, 1.82) is 0 Å². The maximum Gasteiger partial charge on any atom is 0.127 e. The van der Waals surface area contributed by atoms with Gasteiger partial charge in [0.15, 0.2) is 0 Å². The van der Waals surface area contributed by atoms with E-state index >= 15 is 0 Å². The van der Waals surface area contributed by atoms with Crippen LogP contribution in [0.25, 0.3) is 0 Å². The van der Waals surface area contributed by atoms with Gasteiger partial charge >= 0.3 is 0 Å². The van der Waals surface area contributed by atoms with Gasteiger partial charge in [-0.05, 0) is 42.8 Å². The first-order valence-electron chi connectivity index (χ1n) is 4.85. The van der Waals surface area contributed by atoms with Crippen LogP contribution in [0.5, 0.6) is 11.5 Å². The van der Waals surface area contributed by atoms with E-state index in [1.165, 1.54) is 0 Å². The number of phenols is 1. The molecule has 0 unspecified atom stereocenters. The van der Waals surface area contributed by atoms with Crippen LogP contribution in [0, 0.1) is 0 Å². The normalized spacial score (nSPS) is 14.5. The number of hydrogen-bond donors (Lipinski definition) is 1. The van der Waals surface area contributed by atoms with Crippen molar-refractivity contribution in [2.75, 3.05) is 0 Å². The minimum Gasteiger partial charge on any atom is -0.508 e. The minimum absolute atomic E-state index is 0.245. The maximum absolute atomic E-state index is 9.11. The Balaban J connectivity index is 2.08. The first kappa shape index (κ1) is 9.59. The molecule has 2 heteroatoms. The van der Waals surface area contributed by atoms with Crippen LogP contribution in [-0.4, -0.2) is 5.11 Å². The summed E-state index contributed by atoms with van der Waals surface area (Å²) in [6.07, 6.45) is 10.8. The molecule has 1 aromatic rings. The minimum atomic E-state index is 0.245. The van der Waals surface area contributed by atoms with Gasteiger partial charge in [-0.2, -0.15) is 0 Å². The third kappa shape index (κ3) is 2.74. The summed E-state index contributed by atoms with van der Waals surface area (Å²) in [7, 11) is 0. The highest BCUT2D eigenvalue weighted by atomic mass is 16.5. The summed E-state index contributed by atoms with van der Waals surface area (Å²) in [5.74, 6) is 1.80. The van der Waals surface area contributed by atoms with Gasteiger partial charge in [0.25, 0.3) is 0 Å². The lowest BCUT2D eigenvalue weighted by molar-refractivity contribution is 0.438. The molecule has 76 valence electrons. The summed E-state index contributed by atoms with van der Waals surface area (Å²) in [5, 5.41) is 9.11. The largest absolute Gasteiger partial charge is 0.508 e. The SMILES string of the molecule is Oc1ccc(OC2=CCC=CC=C2)cc1. The molecule has 0 saturated carbocycles. The topological polar surface area (TPSA) is 29.5 Å². The lowest BCUT2D eigenvalue weighted by Gasteiger charge is -2.05. The zero-order valence-electron chi connectivity index (χ0n) is 8.26. The molecule has 1 aliphatic rings. The second-order valence-electron chi connectivity index (χ2n) is 3.23. The Hall–Kier alpha value is -1.96. The van der Waals surface area contributed by atoms with E-state index < -0.39 is 0 Å². The number of ether oxygens (including phenoxy) is 1. The molecule has 0 bridgehead atoms. The fourth-order valence-corrected chi connectivity index (χ4v) is 1.29. The molecule has 2 nitrogen and oxygen atoms in total. The first-order valence-corrected chi connectivity index (χ1v) is 4.85. The lowest BCUT2D eigenvalue weighted by Crippen LogP contribution is -1.91. The van der Waals surface area contributed by atoms with E-state index in [-0.39, 0.29) is 5.75 Å². The summed E-state index contributed by atoms with van der Waals surface area (Å²) in [5.41, 5.74) is 0. The van der Waals surface area contributed by atoms with E-state index in [0.717, 1.165) is 17.9 Å². The molecule has 1 N–H and O–H groups in total. The number of phenolic OH excluding ortho intramolecular Hbond substituents is 1. The van der Waals surface area contributed by atoms with Crippen LogP contribution in [0.2, 0.25) is 0 Å². The predicted molar refractivity (Wildman–Crippen MR) is 59.7 cm³/mol. The van der Waals surface area contributed by atoms with Crippen molar-refractivity contribution in [3.05, 3.63) is 60.4 Å². The first-order chi connectivity index (χ1) is 7.34. The number of rotatable bonds is 2. The Labute approximate surface area is 88.8 Å². The standard InChI is InChI=1S/C13H12O2/c14-11-7-9-13(10-8-11)15-12-5-3-1-2-4-6-12/h1-3,5-10,14H,4H2. The van der Waals surface area contributed by atoms with Gasteiger partial charge in [-0.1, -0.05) is 18.2 Å². The van der Waals surface area contributed by atoms with E-state index in [9.17, 15) is 0 Å². The van der Waals surface area contributed by atoms with E-state index in [4.69, 9.17) is 9.84 Å². The third-order valence-electron chi connectivity index (χ3n) is 2.04. The quantitative estimate of drug-likeness (QED) is 0.794. The molecule has 15 heavy (non-hydrogen) atoms. The van der Waals surface area contributed by atoms with Gasteiger partial charge in [0.1, 0.15) is 17.3 Å². The molecular formula is C13H12O2. The Bertz CT molecular complexity index is 411. The van der Waals surface area contributed by atoms with Crippen molar-refractivity contribution < 1.29 is 9.84 Å². The molecule has 0 spiro atoms. The zero-order valence-corrected chi connectivity index (χ0v) is 8.26. The predicted octanol–water partition coefficient (Wildman–Crippen LogP) is 3.17. The van der Waals surface area contributed by atoms with Crippen molar-refractivity contribution in [2.45, 2.75) is 6.42 Å². The van der Waals surface area contributed by atoms with Crippen LogP contribution in [0.15, 0.2) is 60.4 Å². The Morgan fingerprint density at radius 1 is 1.07 bits per heavy atom. The van der Waals surface area contributed by atoms with Crippen molar-refractivity contribution in [2.24, 2.45) is 0 Å². The summed E-state index contributed by atoms with van der Waals surface area (Å²) in [4.78, 5) is 0. The van der Waals surface area contributed by atoms with Gasteiger partial charge in [0, 0.05) is 0 Å².